The van der Waals surface area contributed by atoms with E-state index in [1.54, 1.807) is 6.07 Å². The molecule has 1 aromatic carbocycles. The van der Waals surface area contributed by atoms with Gasteiger partial charge in [0.1, 0.15) is 5.58 Å². The summed E-state index contributed by atoms with van der Waals surface area (Å²) < 4.78 is 5.25. The fourth-order valence-corrected chi connectivity index (χ4v) is 2.66. The van der Waals surface area contributed by atoms with Crippen molar-refractivity contribution in [3.05, 3.63) is 45.8 Å². The number of likely N-dealkylation sites (tertiary alicyclic amines) is 1. The van der Waals surface area contributed by atoms with Crippen molar-refractivity contribution in [2.45, 2.75) is 26.0 Å². The summed E-state index contributed by atoms with van der Waals surface area (Å²) in [6.45, 7) is 4.20. The molecule has 1 N–H and O–H groups in total. The van der Waals surface area contributed by atoms with Gasteiger partial charge in [-0.1, -0.05) is 12.1 Å². The van der Waals surface area contributed by atoms with Crippen LogP contribution in [0, 0.1) is 6.92 Å². The second-order valence-electron chi connectivity index (χ2n) is 5.27. The molecule has 0 saturated carbocycles. The van der Waals surface area contributed by atoms with E-state index in [0.29, 0.717) is 18.7 Å². The lowest BCUT2D eigenvalue weighted by atomic mass is 10.1. The highest BCUT2D eigenvalue weighted by atomic mass is 16.4. The zero-order valence-electron chi connectivity index (χ0n) is 10.9. The average Bonchev–Trinajstić information content (AvgIpc) is 2.74. The molecular formula is C15H17NO3. The zero-order chi connectivity index (χ0) is 13.4. The molecule has 1 fully saturated rings. The maximum Gasteiger partial charge on any atom is 0.336 e. The molecule has 0 aliphatic carbocycles. The van der Waals surface area contributed by atoms with Crippen LogP contribution in [0.3, 0.4) is 0 Å². The molecule has 2 aromatic rings. The zero-order valence-corrected chi connectivity index (χ0v) is 10.9. The molecule has 2 heterocycles. The first-order valence-electron chi connectivity index (χ1n) is 6.55. The van der Waals surface area contributed by atoms with Crippen molar-refractivity contribution in [2.24, 2.45) is 0 Å². The Hall–Kier alpha value is -1.65. The van der Waals surface area contributed by atoms with Crippen LogP contribution >= 0.6 is 0 Å². The fraction of sp³-hybridized carbons (Fsp3) is 0.400. The van der Waals surface area contributed by atoms with Gasteiger partial charge in [0.2, 0.25) is 0 Å². The minimum atomic E-state index is -0.312. The van der Waals surface area contributed by atoms with Crippen molar-refractivity contribution in [1.29, 1.82) is 0 Å². The van der Waals surface area contributed by atoms with E-state index < -0.39 is 0 Å². The Morgan fingerprint density at radius 3 is 3.00 bits per heavy atom. The van der Waals surface area contributed by atoms with Gasteiger partial charge >= 0.3 is 5.63 Å². The molecule has 0 bridgehead atoms. The minimum Gasteiger partial charge on any atom is -0.423 e. The van der Waals surface area contributed by atoms with E-state index >= 15 is 0 Å². The number of β-amino-alcohol motifs (C(OH)–C–C–N with tert-alkyl or cyclic N) is 1. The van der Waals surface area contributed by atoms with Gasteiger partial charge in [-0.3, -0.25) is 4.90 Å². The standard InChI is InChI=1S/C15H17NO3/c1-10-2-3-13-11(7-15(18)19-14(13)6-10)8-16-5-4-12(17)9-16/h2-3,6-7,12,17H,4-5,8-9H2,1H3. The summed E-state index contributed by atoms with van der Waals surface area (Å²) in [7, 11) is 0. The number of benzene rings is 1. The molecule has 1 aliphatic rings. The van der Waals surface area contributed by atoms with Gasteiger partial charge in [0.15, 0.2) is 0 Å². The predicted octanol–water partition coefficient (Wildman–Crippen LogP) is 1.67. The minimum absolute atomic E-state index is 0.242. The summed E-state index contributed by atoms with van der Waals surface area (Å²) in [6, 6.07) is 7.46. The molecule has 0 spiro atoms. The summed E-state index contributed by atoms with van der Waals surface area (Å²) in [6.07, 6.45) is 0.562. The van der Waals surface area contributed by atoms with Crippen LogP contribution in [0.1, 0.15) is 17.5 Å². The van der Waals surface area contributed by atoms with Crippen molar-refractivity contribution in [3.8, 4) is 0 Å². The van der Waals surface area contributed by atoms with Crippen molar-refractivity contribution in [2.75, 3.05) is 13.1 Å². The van der Waals surface area contributed by atoms with E-state index in [0.717, 1.165) is 29.5 Å². The molecule has 1 unspecified atom stereocenters. The van der Waals surface area contributed by atoms with Gasteiger partial charge in [-0.25, -0.2) is 4.79 Å². The largest absolute Gasteiger partial charge is 0.423 e. The average molecular weight is 259 g/mol. The summed E-state index contributed by atoms with van der Waals surface area (Å²) in [5.74, 6) is 0. The van der Waals surface area contributed by atoms with E-state index in [1.165, 1.54) is 0 Å². The first-order valence-corrected chi connectivity index (χ1v) is 6.55. The summed E-state index contributed by atoms with van der Waals surface area (Å²) >= 11 is 0. The number of rotatable bonds is 2. The lowest BCUT2D eigenvalue weighted by Crippen LogP contribution is -2.22. The maximum absolute atomic E-state index is 11.6. The summed E-state index contributed by atoms with van der Waals surface area (Å²) in [5, 5.41) is 10.5. The lowest BCUT2D eigenvalue weighted by molar-refractivity contribution is 0.175. The normalized spacial score (nSPS) is 20.2. The van der Waals surface area contributed by atoms with E-state index in [2.05, 4.69) is 4.90 Å². The van der Waals surface area contributed by atoms with Gasteiger partial charge in [0, 0.05) is 31.1 Å². The molecule has 0 radical (unpaired) electrons. The van der Waals surface area contributed by atoms with Gasteiger partial charge in [-0.05, 0) is 30.5 Å². The van der Waals surface area contributed by atoms with Crippen LogP contribution in [0.4, 0.5) is 0 Å². The molecule has 4 heteroatoms. The van der Waals surface area contributed by atoms with Crippen LogP contribution in [0.5, 0.6) is 0 Å². The van der Waals surface area contributed by atoms with Crippen LogP contribution in [0.15, 0.2) is 33.5 Å². The molecule has 0 amide bonds. The number of hydrogen-bond acceptors (Lipinski definition) is 4. The number of aryl methyl sites for hydroxylation is 1. The molecule has 3 rings (SSSR count). The maximum atomic E-state index is 11.6. The molecular weight excluding hydrogens is 242 g/mol. The number of nitrogens with zero attached hydrogens (tertiary/aromatic N) is 1. The molecule has 1 aromatic heterocycles. The first kappa shape index (κ1) is 12.4. The number of aliphatic hydroxyl groups excluding tert-OH is 1. The summed E-state index contributed by atoms with van der Waals surface area (Å²) in [5.41, 5.74) is 2.37. The quantitative estimate of drug-likeness (QED) is 0.833. The highest BCUT2D eigenvalue weighted by Crippen LogP contribution is 2.21. The number of fused-ring (bicyclic) bond motifs is 1. The van der Waals surface area contributed by atoms with Crippen LogP contribution < -0.4 is 5.63 Å². The predicted molar refractivity (Wildman–Crippen MR) is 73.1 cm³/mol. The van der Waals surface area contributed by atoms with Gasteiger partial charge in [-0.2, -0.15) is 0 Å². The Morgan fingerprint density at radius 1 is 1.42 bits per heavy atom. The Labute approximate surface area is 111 Å². The van der Waals surface area contributed by atoms with Crippen molar-refractivity contribution in [3.63, 3.8) is 0 Å². The van der Waals surface area contributed by atoms with Gasteiger partial charge < -0.3 is 9.52 Å². The third-order valence-electron chi connectivity index (χ3n) is 3.63. The van der Waals surface area contributed by atoms with Crippen LogP contribution in [-0.4, -0.2) is 29.2 Å². The van der Waals surface area contributed by atoms with E-state index in [-0.39, 0.29) is 11.7 Å². The third-order valence-corrected chi connectivity index (χ3v) is 3.63. The highest BCUT2D eigenvalue weighted by molar-refractivity contribution is 5.80. The van der Waals surface area contributed by atoms with Gasteiger partial charge in [0.05, 0.1) is 6.10 Å². The third kappa shape index (κ3) is 2.55. The monoisotopic (exact) mass is 259 g/mol. The Morgan fingerprint density at radius 2 is 2.26 bits per heavy atom. The number of aliphatic hydroxyl groups is 1. The molecule has 1 atom stereocenters. The second-order valence-corrected chi connectivity index (χ2v) is 5.27. The van der Waals surface area contributed by atoms with Crippen molar-refractivity contribution in [1.82, 2.24) is 4.90 Å². The van der Waals surface area contributed by atoms with E-state index in [4.69, 9.17) is 4.42 Å². The SMILES string of the molecule is Cc1ccc2c(CN3CCC(O)C3)cc(=O)oc2c1. The molecule has 100 valence electrons. The smallest absolute Gasteiger partial charge is 0.336 e. The fourth-order valence-electron chi connectivity index (χ4n) is 2.66. The molecule has 1 saturated heterocycles. The first-order chi connectivity index (χ1) is 9.11. The Kier molecular flexibility index (Phi) is 3.12. The van der Waals surface area contributed by atoms with E-state index in [1.807, 2.05) is 25.1 Å². The van der Waals surface area contributed by atoms with Crippen LogP contribution in [0.2, 0.25) is 0 Å². The van der Waals surface area contributed by atoms with Crippen molar-refractivity contribution >= 4 is 11.0 Å². The van der Waals surface area contributed by atoms with Crippen LogP contribution in [0.25, 0.3) is 11.0 Å². The Bertz CT molecular complexity index is 662. The molecule has 4 nitrogen and oxygen atoms in total. The van der Waals surface area contributed by atoms with E-state index in [9.17, 15) is 9.90 Å². The van der Waals surface area contributed by atoms with Crippen molar-refractivity contribution < 1.29 is 9.52 Å². The van der Waals surface area contributed by atoms with Crippen LogP contribution in [-0.2, 0) is 6.54 Å². The topological polar surface area (TPSA) is 53.7 Å². The lowest BCUT2D eigenvalue weighted by Gasteiger charge is -2.15. The molecule has 1 aliphatic heterocycles. The Balaban J connectivity index is 2.00. The number of hydrogen-bond donors (Lipinski definition) is 1. The molecule has 19 heavy (non-hydrogen) atoms. The highest BCUT2D eigenvalue weighted by Gasteiger charge is 2.21. The van der Waals surface area contributed by atoms with Gasteiger partial charge in [-0.15, -0.1) is 0 Å². The summed E-state index contributed by atoms with van der Waals surface area (Å²) in [4.78, 5) is 13.8. The second kappa shape index (κ2) is 4.79. The van der Waals surface area contributed by atoms with Gasteiger partial charge in [0.25, 0.3) is 0 Å².